The molecule has 7 heteroatoms. The van der Waals surface area contributed by atoms with E-state index in [1.807, 2.05) is 32.9 Å². The Balaban J connectivity index is 0.00000484. The molecule has 0 bridgehead atoms. The van der Waals surface area contributed by atoms with E-state index in [1.54, 1.807) is 13.2 Å². The molecule has 0 spiro atoms. The minimum Gasteiger partial charge on any atom is -0.493 e. The van der Waals surface area contributed by atoms with Gasteiger partial charge in [0, 0.05) is 24.2 Å². The van der Waals surface area contributed by atoms with E-state index in [2.05, 4.69) is 10.6 Å². The zero-order valence-electron chi connectivity index (χ0n) is 14.1. The average Bonchev–Trinajstić information content (AvgIpc) is 2.44. The molecule has 1 aromatic rings. The van der Waals surface area contributed by atoms with Crippen molar-refractivity contribution < 1.29 is 19.4 Å². The Kier molecular flexibility index (Phi) is 9.64. The molecule has 6 nitrogen and oxygen atoms in total. The van der Waals surface area contributed by atoms with Crippen molar-refractivity contribution in [3.8, 4) is 11.5 Å². The molecular weight excluding hydrogens is 320 g/mol. The van der Waals surface area contributed by atoms with Gasteiger partial charge >= 0.3 is 0 Å². The summed E-state index contributed by atoms with van der Waals surface area (Å²) in [7, 11) is 1.56. The monoisotopic (exact) mass is 346 g/mol. The summed E-state index contributed by atoms with van der Waals surface area (Å²) in [6.07, 6.45) is 0. The number of rotatable bonds is 8. The summed E-state index contributed by atoms with van der Waals surface area (Å²) in [4.78, 5) is 11.9. The van der Waals surface area contributed by atoms with Crippen molar-refractivity contribution in [3.63, 3.8) is 0 Å². The molecule has 0 fully saturated rings. The second-order valence-electron chi connectivity index (χ2n) is 5.94. The average molecular weight is 347 g/mol. The number of ether oxygens (including phenoxy) is 2. The van der Waals surface area contributed by atoms with E-state index in [-0.39, 0.29) is 37.1 Å². The minimum atomic E-state index is -0.299. The topological polar surface area (TPSA) is 79.8 Å². The largest absolute Gasteiger partial charge is 0.493 e. The van der Waals surface area contributed by atoms with Crippen LogP contribution in [-0.4, -0.2) is 43.4 Å². The molecule has 0 aromatic heterocycles. The highest BCUT2D eigenvalue weighted by atomic mass is 35.5. The predicted octanol–water partition coefficient (Wildman–Crippen LogP) is 1.49. The minimum absolute atomic E-state index is 0. The van der Waals surface area contributed by atoms with Crippen molar-refractivity contribution >= 4 is 18.3 Å². The fraction of sp³-hybridized carbons (Fsp3) is 0.562. The van der Waals surface area contributed by atoms with Gasteiger partial charge in [-0.15, -0.1) is 12.4 Å². The van der Waals surface area contributed by atoms with Gasteiger partial charge in [-0.3, -0.25) is 4.79 Å². The fourth-order valence-corrected chi connectivity index (χ4v) is 1.92. The van der Waals surface area contributed by atoms with E-state index >= 15 is 0 Å². The lowest BCUT2D eigenvalue weighted by molar-refractivity contribution is -0.124. The molecule has 0 saturated heterocycles. The van der Waals surface area contributed by atoms with Crippen LogP contribution in [0.3, 0.4) is 0 Å². The Hall–Kier alpha value is -1.50. The molecule has 1 rings (SSSR count). The number of aliphatic hydroxyl groups excluding tert-OH is 1. The third-order valence-electron chi connectivity index (χ3n) is 2.75. The zero-order chi connectivity index (χ0) is 16.6. The Labute approximate surface area is 144 Å². The highest BCUT2D eigenvalue weighted by molar-refractivity contribution is 5.85. The van der Waals surface area contributed by atoms with Crippen LogP contribution in [0.1, 0.15) is 26.3 Å². The van der Waals surface area contributed by atoms with Gasteiger partial charge in [0.25, 0.3) is 5.91 Å². The van der Waals surface area contributed by atoms with E-state index in [0.717, 1.165) is 5.56 Å². The van der Waals surface area contributed by atoms with Gasteiger partial charge in [-0.05, 0) is 26.8 Å². The lowest BCUT2D eigenvalue weighted by Crippen LogP contribution is -2.43. The van der Waals surface area contributed by atoms with Crippen molar-refractivity contribution in [1.82, 2.24) is 10.6 Å². The number of methoxy groups -OCH3 is 1. The summed E-state index contributed by atoms with van der Waals surface area (Å²) in [6, 6.07) is 5.54. The molecule has 132 valence electrons. The van der Waals surface area contributed by atoms with Crippen molar-refractivity contribution in [1.29, 1.82) is 0 Å². The van der Waals surface area contributed by atoms with Crippen LogP contribution in [0.15, 0.2) is 18.2 Å². The van der Waals surface area contributed by atoms with E-state index in [0.29, 0.717) is 24.6 Å². The Morgan fingerprint density at radius 1 is 1.30 bits per heavy atom. The molecular formula is C16H27ClN2O4. The van der Waals surface area contributed by atoms with Crippen LogP contribution in [0.2, 0.25) is 0 Å². The maximum absolute atomic E-state index is 11.9. The summed E-state index contributed by atoms with van der Waals surface area (Å²) in [5.74, 6) is 0.930. The lowest BCUT2D eigenvalue weighted by Gasteiger charge is -2.21. The first kappa shape index (κ1) is 21.5. The molecule has 0 atom stereocenters. The molecule has 0 heterocycles. The van der Waals surface area contributed by atoms with Gasteiger partial charge in [-0.25, -0.2) is 0 Å². The number of benzene rings is 1. The van der Waals surface area contributed by atoms with Gasteiger partial charge in [-0.2, -0.15) is 0 Å². The fourth-order valence-electron chi connectivity index (χ4n) is 1.92. The van der Waals surface area contributed by atoms with Gasteiger partial charge in [0.15, 0.2) is 18.1 Å². The number of para-hydroxylation sites is 1. The van der Waals surface area contributed by atoms with Gasteiger partial charge in [0.2, 0.25) is 0 Å². The third kappa shape index (κ3) is 8.06. The normalized spacial score (nSPS) is 10.7. The SMILES string of the molecule is COc1cccc(CNCCO)c1OCC(=O)NC(C)(C)C.Cl. The maximum Gasteiger partial charge on any atom is 0.258 e. The number of hydrogen-bond donors (Lipinski definition) is 3. The molecule has 1 amide bonds. The van der Waals surface area contributed by atoms with Crippen LogP contribution in [0.5, 0.6) is 11.5 Å². The van der Waals surface area contributed by atoms with Crippen molar-refractivity contribution in [2.45, 2.75) is 32.9 Å². The Morgan fingerprint density at radius 2 is 2.00 bits per heavy atom. The van der Waals surface area contributed by atoms with Crippen LogP contribution < -0.4 is 20.1 Å². The summed E-state index contributed by atoms with van der Waals surface area (Å²) >= 11 is 0. The smallest absolute Gasteiger partial charge is 0.258 e. The molecule has 3 N–H and O–H groups in total. The second-order valence-corrected chi connectivity index (χ2v) is 5.94. The van der Waals surface area contributed by atoms with Crippen molar-refractivity contribution in [3.05, 3.63) is 23.8 Å². The molecule has 0 saturated carbocycles. The highest BCUT2D eigenvalue weighted by Crippen LogP contribution is 2.31. The van der Waals surface area contributed by atoms with Gasteiger partial charge in [0.1, 0.15) is 0 Å². The molecule has 1 aromatic carbocycles. The highest BCUT2D eigenvalue weighted by Gasteiger charge is 2.16. The van der Waals surface area contributed by atoms with Gasteiger partial charge < -0.3 is 25.2 Å². The molecule has 0 unspecified atom stereocenters. The first-order valence-electron chi connectivity index (χ1n) is 7.28. The van der Waals surface area contributed by atoms with Gasteiger partial charge in [-0.1, -0.05) is 12.1 Å². The number of carbonyl (C=O) groups is 1. The van der Waals surface area contributed by atoms with E-state index in [1.165, 1.54) is 0 Å². The second kappa shape index (κ2) is 10.3. The molecule has 0 radical (unpaired) electrons. The summed E-state index contributed by atoms with van der Waals surface area (Å²) < 4.78 is 10.9. The standard InChI is InChI=1S/C16H26N2O4.ClH/c1-16(2,3)18-14(20)11-22-15-12(10-17-8-9-19)6-5-7-13(15)21-4;/h5-7,17,19H,8-11H2,1-4H3,(H,18,20);1H. The van der Waals surface area contributed by atoms with Crippen LogP contribution >= 0.6 is 12.4 Å². The quantitative estimate of drug-likeness (QED) is 0.621. The van der Waals surface area contributed by atoms with E-state index < -0.39 is 0 Å². The third-order valence-corrected chi connectivity index (χ3v) is 2.75. The van der Waals surface area contributed by atoms with Crippen LogP contribution in [-0.2, 0) is 11.3 Å². The molecule has 0 aliphatic rings. The summed E-state index contributed by atoms with van der Waals surface area (Å²) in [6.45, 7) is 6.74. The first-order valence-corrected chi connectivity index (χ1v) is 7.28. The number of amides is 1. The number of hydrogen-bond acceptors (Lipinski definition) is 5. The van der Waals surface area contributed by atoms with Gasteiger partial charge in [0.05, 0.1) is 13.7 Å². The zero-order valence-corrected chi connectivity index (χ0v) is 15.0. The number of carbonyl (C=O) groups excluding carboxylic acids is 1. The summed E-state index contributed by atoms with van der Waals surface area (Å²) in [5, 5.41) is 14.8. The van der Waals surface area contributed by atoms with E-state index in [4.69, 9.17) is 14.6 Å². The number of nitrogens with one attached hydrogen (secondary N) is 2. The Morgan fingerprint density at radius 3 is 2.57 bits per heavy atom. The molecule has 0 aliphatic carbocycles. The maximum atomic E-state index is 11.9. The molecule has 23 heavy (non-hydrogen) atoms. The Bertz CT molecular complexity index is 489. The predicted molar refractivity (Wildman–Crippen MR) is 92.4 cm³/mol. The molecule has 0 aliphatic heterocycles. The van der Waals surface area contributed by atoms with Crippen molar-refractivity contribution in [2.24, 2.45) is 0 Å². The van der Waals surface area contributed by atoms with Crippen LogP contribution in [0.4, 0.5) is 0 Å². The van der Waals surface area contributed by atoms with Crippen LogP contribution in [0, 0.1) is 0 Å². The lowest BCUT2D eigenvalue weighted by atomic mass is 10.1. The first-order chi connectivity index (χ1) is 10.4. The summed E-state index contributed by atoms with van der Waals surface area (Å²) in [5.41, 5.74) is 0.573. The van der Waals surface area contributed by atoms with Crippen molar-refractivity contribution in [2.75, 3.05) is 26.9 Å². The van der Waals surface area contributed by atoms with E-state index in [9.17, 15) is 4.79 Å². The number of aliphatic hydroxyl groups is 1. The number of halogens is 1. The van der Waals surface area contributed by atoms with Crippen LogP contribution in [0.25, 0.3) is 0 Å².